The summed E-state index contributed by atoms with van der Waals surface area (Å²) < 4.78 is 0. The Hall–Kier alpha value is -0.790. The number of unbranched alkanes of at least 4 members (excludes halogenated alkanes) is 1. The van der Waals surface area contributed by atoms with Gasteiger partial charge in [-0.2, -0.15) is 12.6 Å². The van der Waals surface area contributed by atoms with E-state index in [-0.39, 0.29) is 5.75 Å². The smallest absolute Gasteiger partial charge is 0.327 e. The zero-order valence-corrected chi connectivity index (χ0v) is 9.95. The maximum Gasteiger partial charge on any atom is 0.327 e. The third-order valence-electron chi connectivity index (χ3n) is 2.10. The molecule has 0 unspecified atom stereocenters. The molecule has 0 radical (unpaired) electrons. The van der Waals surface area contributed by atoms with Crippen LogP contribution in [0.4, 0.5) is 0 Å². The number of nitrogens with two attached hydrogens (primary N) is 2. The first-order chi connectivity index (χ1) is 7.52. The lowest BCUT2D eigenvalue weighted by Crippen LogP contribution is -2.49. The zero-order valence-electron chi connectivity index (χ0n) is 9.06. The summed E-state index contributed by atoms with van der Waals surface area (Å²) in [7, 11) is 0. The number of carbonyl (C=O) groups excluding carboxylic acids is 1. The molecule has 0 aliphatic carbocycles. The lowest BCUT2D eigenvalue weighted by Gasteiger charge is -2.16. The van der Waals surface area contributed by atoms with Crippen molar-refractivity contribution in [3.05, 3.63) is 0 Å². The van der Waals surface area contributed by atoms with E-state index in [1.54, 1.807) is 0 Å². The van der Waals surface area contributed by atoms with E-state index in [9.17, 15) is 9.59 Å². The Morgan fingerprint density at radius 2 is 2.00 bits per heavy atom. The predicted molar refractivity (Wildman–Crippen MR) is 64.3 cm³/mol. The van der Waals surface area contributed by atoms with Crippen molar-refractivity contribution in [1.29, 1.82) is 0 Å². The van der Waals surface area contributed by atoms with E-state index in [2.05, 4.69) is 17.9 Å². The van der Waals surface area contributed by atoms with Gasteiger partial charge in [-0.05, 0) is 19.4 Å². The number of hydrogen-bond acceptors (Lipinski definition) is 5. The van der Waals surface area contributed by atoms with Gasteiger partial charge in [-0.15, -0.1) is 0 Å². The number of carboxylic acids is 1. The van der Waals surface area contributed by atoms with Crippen LogP contribution in [0.25, 0.3) is 0 Å². The average Bonchev–Trinajstić information content (AvgIpc) is 2.25. The van der Waals surface area contributed by atoms with Crippen molar-refractivity contribution in [2.24, 2.45) is 11.5 Å². The number of carboxylic acid groups (broad SMARTS) is 1. The number of amides is 1. The highest BCUT2D eigenvalue weighted by Crippen LogP contribution is 1.99. The SMILES string of the molecule is NCCCC[C@H](N)C(=O)N[C@@H](CS)C(=O)O. The molecule has 0 saturated carbocycles. The highest BCUT2D eigenvalue weighted by Gasteiger charge is 2.21. The molecule has 0 rings (SSSR count). The summed E-state index contributed by atoms with van der Waals surface area (Å²) in [5.74, 6) is -1.53. The molecule has 0 spiro atoms. The van der Waals surface area contributed by atoms with Gasteiger partial charge in [-0.25, -0.2) is 4.79 Å². The van der Waals surface area contributed by atoms with Crippen LogP contribution in [0.3, 0.4) is 0 Å². The molecule has 0 saturated heterocycles. The number of hydrogen-bond donors (Lipinski definition) is 5. The summed E-state index contributed by atoms with van der Waals surface area (Å²) in [6.45, 7) is 0.558. The minimum Gasteiger partial charge on any atom is -0.480 e. The summed E-state index contributed by atoms with van der Waals surface area (Å²) in [6, 6.07) is -1.68. The van der Waals surface area contributed by atoms with Crippen LogP contribution < -0.4 is 16.8 Å². The van der Waals surface area contributed by atoms with Crippen molar-refractivity contribution in [3.8, 4) is 0 Å². The molecular formula is C9H19N3O3S. The van der Waals surface area contributed by atoms with Crippen LogP contribution >= 0.6 is 12.6 Å². The normalized spacial score (nSPS) is 14.2. The lowest BCUT2D eigenvalue weighted by atomic mass is 10.1. The molecule has 0 aromatic rings. The first-order valence-corrected chi connectivity index (χ1v) is 5.75. The molecule has 1 amide bonds. The Bertz CT molecular complexity index is 238. The summed E-state index contributed by atoms with van der Waals surface area (Å²) >= 11 is 3.83. The average molecular weight is 249 g/mol. The van der Waals surface area contributed by atoms with Gasteiger partial charge in [0.25, 0.3) is 0 Å². The van der Waals surface area contributed by atoms with E-state index >= 15 is 0 Å². The topological polar surface area (TPSA) is 118 Å². The van der Waals surface area contributed by atoms with Gasteiger partial charge >= 0.3 is 5.97 Å². The van der Waals surface area contributed by atoms with E-state index < -0.39 is 24.0 Å². The van der Waals surface area contributed by atoms with Gasteiger partial charge in [0.1, 0.15) is 6.04 Å². The zero-order chi connectivity index (χ0) is 12.6. The van der Waals surface area contributed by atoms with Crippen LogP contribution in [0, 0.1) is 0 Å². The van der Waals surface area contributed by atoms with Crippen LogP contribution in [-0.4, -0.2) is 41.4 Å². The maximum absolute atomic E-state index is 11.4. The number of thiol groups is 1. The molecule has 0 heterocycles. The first kappa shape index (κ1) is 15.2. The Balaban J connectivity index is 3.98. The molecule has 2 atom stereocenters. The highest BCUT2D eigenvalue weighted by molar-refractivity contribution is 7.80. The van der Waals surface area contributed by atoms with Crippen molar-refractivity contribution in [2.45, 2.75) is 31.3 Å². The second-order valence-electron chi connectivity index (χ2n) is 3.47. The quantitative estimate of drug-likeness (QED) is 0.277. The van der Waals surface area contributed by atoms with Crippen LogP contribution in [0.5, 0.6) is 0 Å². The van der Waals surface area contributed by atoms with E-state index in [0.29, 0.717) is 13.0 Å². The molecule has 0 fully saturated rings. The fourth-order valence-corrected chi connectivity index (χ4v) is 1.35. The molecule has 0 aromatic carbocycles. The molecule has 16 heavy (non-hydrogen) atoms. The third-order valence-corrected chi connectivity index (χ3v) is 2.47. The first-order valence-electron chi connectivity index (χ1n) is 5.12. The molecule has 0 aliphatic heterocycles. The minimum absolute atomic E-state index is 0.0383. The van der Waals surface area contributed by atoms with E-state index in [1.807, 2.05) is 0 Å². The lowest BCUT2D eigenvalue weighted by molar-refractivity contribution is -0.141. The van der Waals surface area contributed by atoms with Crippen LogP contribution in [0.15, 0.2) is 0 Å². The Morgan fingerprint density at radius 3 is 2.44 bits per heavy atom. The van der Waals surface area contributed by atoms with Gasteiger partial charge in [-0.1, -0.05) is 6.42 Å². The summed E-state index contributed by atoms with van der Waals surface area (Å²) in [6.07, 6.45) is 2.06. The molecule has 7 heteroatoms. The van der Waals surface area contributed by atoms with Crippen molar-refractivity contribution >= 4 is 24.5 Å². The standard InChI is InChI=1S/C9H19N3O3S/c10-4-2-1-3-6(11)8(13)12-7(5-16)9(14)15/h6-7,16H,1-5,10-11H2,(H,12,13)(H,14,15)/t6-,7-/m0/s1. The second kappa shape index (κ2) is 8.37. The number of carbonyl (C=O) groups is 2. The molecule has 6 N–H and O–H groups in total. The fraction of sp³-hybridized carbons (Fsp3) is 0.778. The van der Waals surface area contributed by atoms with Crippen LogP contribution in [0.2, 0.25) is 0 Å². The Labute approximate surface area is 100 Å². The van der Waals surface area contributed by atoms with Crippen molar-refractivity contribution in [2.75, 3.05) is 12.3 Å². The van der Waals surface area contributed by atoms with Gasteiger partial charge in [0, 0.05) is 5.75 Å². The van der Waals surface area contributed by atoms with Crippen molar-refractivity contribution < 1.29 is 14.7 Å². The van der Waals surface area contributed by atoms with Gasteiger partial charge in [0.15, 0.2) is 0 Å². The van der Waals surface area contributed by atoms with Gasteiger partial charge in [0.2, 0.25) is 5.91 Å². The number of rotatable bonds is 8. The number of nitrogens with one attached hydrogen (secondary N) is 1. The molecular weight excluding hydrogens is 230 g/mol. The minimum atomic E-state index is -1.11. The molecule has 94 valence electrons. The number of aliphatic carboxylic acids is 1. The fourth-order valence-electron chi connectivity index (χ4n) is 1.10. The van der Waals surface area contributed by atoms with Crippen LogP contribution in [-0.2, 0) is 9.59 Å². The largest absolute Gasteiger partial charge is 0.480 e. The summed E-state index contributed by atoms with van der Waals surface area (Å²) in [5, 5.41) is 11.0. The van der Waals surface area contributed by atoms with Gasteiger partial charge < -0.3 is 21.9 Å². The van der Waals surface area contributed by atoms with E-state index in [0.717, 1.165) is 12.8 Å². The summed E-state index contributed by atoms with van der Waals surface area (Å²) in [5.41, 5.74) is 10.9. The van der Waals surface area contributed by atoms with Gasteiger partial charge in [0.05, 0.1) is 6.04 Å². The maximum atomic E-state index is 11.4. The molecule has 0 aliphatic rings. The Kier molecular flexibility index (Phi) is 7.96. The monoisotopic (exact) mass is 249 g/mol. The second-order valence-corrected chi connectivity index (χ2v) is 3.84. The van der Waals surface area contributed by atoms with Crippen LogP contribution in [0.1, 0.15) is 19.3 Å². The van der Waals surface area contributed by atoms with E-state index in [4.69, 9.17) is 16.6 Å². The van der Waals surface area contributed by atoms with Crippen molar-refractivity contribution in [3.63, 3.8) is 0 Å². The predicted octanol–water partition coefficient (Wildman–Crippen LogP) is -1.06. The Morgan fingerprint density at radius 1 is 1.38 bits per heavy atom. The van der Waals surface area contributed by atoms with Crippen molar-refractivity contribution in [1.82, 2.24) is 5.32 Å². The van der Waals surface area contributed by atoms with E-state index in [1.165, 1.54) is 0 Å². The molecule has 0 bridgehead atoms. The molecule has 0 aromatic heterocycles. The third kappa shape index (κ3) is 5.94. The highest BCUT2D eigenvalue weighted by atomic mass is 32.1. The summed E-state index contributed by atoms with van der Waals surface area (Å²) in [4.78, 5) is 22.1. The van der Waals surface area contributed by atoms with Gasteiger partial charge in [-0.3, -0.25) is 4.79 Å². The molecule has 6 nitrogen and oxygen atoms in total.